The fourth-order valence-corrected chi connectivity index (χ4v) is 2.89. The Morgan fingerprint density at radius 1 is 1.17 bits per heavy atom. The van der Waals surface area contributed by atoms with E-state index in [9.17, 15) is 0 Å². The highest BCUT2D eigenvalue weighted by molar-refractivity contribution is 6.30. The molecule has 0 aromatic heterocycles. The molecule has 0 fully saturated rings. The van der Waals surface area contributed by atoms with Crippen LogP contribution in [0.4, 0.5) is 5.69 Å². The van der Waals surface area contributed by atoms with E-state index in [1.54, 1.807) is 0 Å². The summed E-state index contributed by atoms with van der Waals surface area (Å²) < 4.78 is 6.27. The molecule has 2 aromatic rings. The number of fused-ring (bicyclic) bond motifs is 1. The van der Waals surface area contributed by atoms with Gasteiger partial charge in [-0.3, -0.25) is 0 Å². The molecule has 120 valence electrons. The largest absolute Gasteiger partial charge is 0.449 e. The minimum Gasteiger partial charge on any atom is -0.449 e. The van der Waals surface area contributed by atoms with E-state index in [0.29, 0.717) is 17.0 Å². The monoisotopic (exact) mass is 328 g/mol. The van der Waals surface area contributed by atoms with Gasteiger partial charge in [0.25, 0.3) is 6.02 Å². The summed E-state index contributed by atoms with van der Waals surface area (Å²) in [6.45, 7) is 7.05. The fraction of sp³-hybridized carbons (Fsp3) is 0.316. The van der Waals surface area contributed by atoms with Gasteiger partial charge in [-0.05, 0) is 36.6 Å². The average molecular weight is 329 g/mol. The second kappa shape index (κ2) is 6.25. The van der Waals surface area contributed by atoms with E-state index in [4.69, 9.17) is 16.3 Å². The number of nitrogens with one attached hydrogen (secondary N) is 1. The summed E-state index contributed by atoms with van der Waals surface area (Å²) in [6, 6.07) is 16.5. The number of nitrogens with zero attached hydrogens (tertiary/aromatic N) is 1. The first-order chi connectivity index (χ1) is 11.0. The summed E-state index contributed by atoms with van der Waals surface area (Å²) in [5.41, 5.74) is 2.44. The van der Waals surface area contributed by atoms with E-state index >= 15 is 0 Å². The number of amidine groups is 1. The quantitative estimate of drug-likeness (QED) is 0.854. The SMILES string of the molecule is CC(C)CN=C1Nc2ccc(Cl)cc2C(C)(c2ccccc2)O1. The van der Waals surface area contributed by atoms with Gasteiger partial charge in [0, 0.05) is 22.8 Å². The first kappa shape index (κ1) is 15.9. The Hall–Kier alpha value is -2.00. The molecule has 1 aliphatic rings. The highest BCUT2D eigenvalue weighted by atomic mass is 35.5. The number of rotatable bonds is 3. The fourth-order valence-electron chi connectivity index (χ4n) is 2.72. The molecule has 1 heterocycles. The molecule has 23 heavy (non-hydrogen) atoms. The minimum absolute atomic E-state index is 0.475. The second-order valence-electron chi connectivity index (χ2n) is 6.36. The number of hydrogen-bond donors (Lipinski definition) is 1. The number of benzene rings is 2. The molecule has 0 radical (unpaired) electrons. The van der Waals surface area contributed by atoms with Crippen molar-refractivity contribution < 1.29 is 4.74 Å². The summed E-state index contributed by atoms with van der Waals surface area (Å²) in [5, 5.41) is 3.97. The Kier molecular flexibility index (Phi) is 4.31. The summed E-state index contributed by atoms with van der Waals surface area (Å²) in [7, 11) is 0. The van der Waals surface area contributed by atoms with E-state index < -0.39 is 5.60 Å². The van der Waals surface area contributed by atoms with Crippen molar-refractivity contribution in [1.29, 1.82) is 0 Å². The van der Waals surface area contributed by atoms with Crippen LogP contribution >= 0.6 is 11.6 Å². The van der Waals surface area contributed by atoms with Crippen molar-refractivity contribution in [3.05, 3.63) is 64.7 Å². The van der Waals surface area contributed by atoms with E-state index in [2.05, 4.69) is 43.2 Å². The first-order valence-corrected chi connectivity index (χ1v) is 8.23. The van der Waals surface area contributed by atoms with Gasteiger partial charge in [0.05, 0.1) is 0 Å². The third-order valence-corrected chi connectivity index (χ3v) is 4.20. The van der Waals surface area contributed by atoms with Gasteiger partial charge < -0.3 is 10.1 Å². The van der Waals surface area contributed by atoms with Gasteiger partial charge in [0.1, 0.15) is 0 Å². The lowest BCUT2D eigenvalue weighted by molar-refractivity contribution is 0.112. The first-order valence-electron chi connectivity index (χ1n) is 7.85. The molecule has 1 N–H and O–H groups in total. The molecule has 0 saturated carbocycles. The lowest BCUT2D eigenvalue weighted by Crippen LogP contribution is -2.39. The normalized spacial score (nSPS) is 21.7. The molecule has 3 rings (SSSR count). The van der Waals surface area contributed by atoms with Gasteiger partial charge in [-0.15, -0.1) is 0 Å². The second-order valence-corrected chi connectivity index (χ2v) is 6.79. The summed E-state index contributed by atoms with van der Waals surface area (Å²) in [4.78, 5) is 4.58. The van der Waals surface area contributed by atoms with Crippen LogP contribution in [0.2, 0.25) is 5.02 Å². The molecular weight excluding hydrogens is 308 g/mol. The Morgan fingerprint density at radius 2 is 1.91 bits per heavy atom. The van der Waals surface area contributed by atoms with Crippen LogP contribution in [0.15, 0.2) is 53.5 Å². The van der Waals surface area contributed by atoms with Crippen molar-refractivity contribution in [3.8, 4) is 0 Å². The van der Waals surface area contributed by atoms with Crippen molar-refractivity contribution in [2.45, 2.75) is 26.4 Å². The van der Waals surface area contributed by atoms with Crippen molar-refractivity contribution in [2.24, 2.45) is 10.9 Å². The van der Waals surface area contributed by atoms with Gasteiger partial charge in [-0.2, -0.15) is 0 Å². The summed E-state index contributed by atoms with van der Waals surface area (Å²) in [6.07, 6.45) is 0. The Morgan fingerprint density at radius 3 is 2.61 bits per heavy atom. The van der Waals surface area contributed by atoms with E-state index in [1.165, 1.54) is 0 Å². The number of halogens is 1. The van der Waals surface area contributed by atoms with Gasteiger partial charge in [-0.25, -0.2) is 4.99 Å². The van der Waals surface area contributed by atoms with Gasteiger partial charge >= 0.3 is 0 Å². The number of hydrogen-bond acceptors (Lipinski definition) is 2. The zero-order chi connectivity index (χ0) is 16.4. The zero-order valence-electron chi connectivity index (χ0n) is 13.6. The number of aliphatic imine (C=N–C) groups is 1. The molecule has 0 saturated heterocycles. The summed E-state index contributed by atoms with van der Waals surface area (Å²) >= 11 is 6.22. The maximum absolute atomic E-state index is 6.27. The molecule has 0 amide bonds. The smallest absolute Gasteiger partial charge is 0.290 e. The topological polar surface area (TPSA) is 33.6 Å². The molecule has 2 aromatic carbocycles. The average Bonchev–Trinajstić information content (AvgIpc) is 2.54. The predicted octanol–water partition coefficient (Wildman–Crippen LogP) is 5.06. The maximum Gasteiger partial charge on any atom is 0.290 e. The third-order valence-electron chi connectivity index (χ3n) is 3.96. The minimum atomic E-state index is -0.622. The Labute approximate surface area is 142 Å². The third kappa shape index (κ3) is 3.20. The lowest BCUT2D eigenvalue weighted by atomic mass is 9.86. The predicted molar refractivity (Wildman–Crippen MR) is 96.2 cm³/mol. The van der Waals surface area contributed by atoms with Crippen molar-refractivity contribution >= 4 is 23.3 Å². The standard InChI is InChI=1S/C19H21ClN2O/c1-13(2)12-21-18-22-17-10-9-15(20)11-16(17)19(3,23-18)14-7-5-4-6-8-14/h4-11,13H,12H2,1-3H3,(H,21,22). The Balaban J connectivity index is 2.10. The highest BCUT2D eigenvalue weighted by Gasteiger charge is 2.38. The molecular formula is C19H21ClN2O. The number of anilines is 1. The van der Waals surface area contributed by atoms with Crippen molar-refractivity contribution in [2.75, 3.05) is 11.9 Å². The maximum atomic E-state index is 6.27. The van der Waals surface area contributed by atoms with Crippen LogP contribution in [0.1, 0.15) is 31.9 Å². The van der Waals surface area contributed by atoms with Crippen LogP contribution in [-0.4, -0.2) is 12.6 Å². The van der Waals surface area contributed by atoms with Crippen LogP contribution in [0.5, 0.6) is 0 Å². The van der Waals surface area contributed by atoms with Gasteiger partial charge in [0.15, 0.2) is 5.60 Å². The molecule has 1 unspecified atom stereocenters. The van der Waals surface area contributed by atoms with Crippen LogP contribution in [0.25, 0.3) is 0 Å². The van der Waals surface area contributed by atoms with E-state index in [-0.39, 0.29) is 0 Å². The van der Waals surface area contributed by atoms with Crippen LogP contribution < -0.4 is 5.32 Å². The Bertz CT molecular complexity index is 727. The highest BCUT2D eigenvalue weighted by Crippen LogP contribution is 2.42. The molecule has 0 aliphatic carbocycles. The summed E-state index contributed by atoms with van der Waals surface area (Å²) in [5.74, 6) is 0.475. The van der Waals surface area contributed by atoms with E-state index in [0.717, 1.165) is 23.4 Å². The van der Waals surface area contributed by atoms with Crippen LogP contribution in [-0.2, 0) is 10.3 Å². The molecule has 0 bridgehead atoms. The van der Waals surface area contributed by atoms with Crippen molar-refractivity contribution in [3.63, 3.8) is 0 Å². The molecule has 1 atom stereocenters. The van der Waals surface area contributed by atoms with E-state index in [1.807, 2.05) is 36.4 Å². The van der Waals surface area contributed by atoms with Gasteiger partial charge in [-0.1, -0.05) is 55.8 Å². The van der Waals surface area contributed by atoms with Crippen LogP contribution in [0.3, 0.4) is 0 Å². The van der Waals surface area contributed by atoms with Crippen LogP contribution in [0, 0.1) is 5.92 Å². The molecule has 0 spiro atoms. The molecule has 1 aliphatic heterocycles. The lowest BCUT2D eigenvalue weighted by Gasteiger charge is -2.38. The zero-order valence-corrected chi connectivity index (χ0v) is 14.4. The number of ether oxygens (including phenoxy) is 1. The molecule has 4 heteroatoms. The molecule has 3 nitrogen and oxygen atoms in total. The van der Waals surface area contributed by atoms with Gasteiger partial charge in [0.2, 0.25) is 0 Å². The van der Waals surface area contributed by atoms with Crippen molar-refractivity contribution in [1.82, 2.24) is 0 Å².